The van der Waals surface area contributed by atoms with Gasteiger partial charge in [-0.1, -0.05) is 18.2 Å². The lowest BCUT2D eigenvalue weighted by Crippen LogP contribution is -2.22. The van der Waals surface area contributed by atoms with Crippen LogP contribution in [-0.2, 0) is 16.0 Å². The van der Waals surface area contributed by atoms with E-state index in [1.165, 1.54) is 0 Å². The number of ether oxygens (including phenoxy) is 1. The number of nitrogens with zero attached hydrogens (tertiary/aromatic N) is 3. The van der Waals surface area contributed by atoms with Gasteiger partial charge in [0.2, 0.25) is 0 Å². The van der Waals surface area contributed by atoms with Gasteiger partial charge in [-0.25, -0.2) is 9.78 Å². The Labute approximate surface area is 122 Å². The molecule has 106 valence electrons. The molecule has 0 radical (unpaired) electrons. The van der Waals surface area contributed by atoms with Crippen LogP contribution in [-0.4, -0.2) is 22.5 Å². The fraction of sp³-hybridized carbons (Fsp3) is 0.188. The maximum absolute atomic E-state index is 12.0. The highest BCUT2D eigenvalue weighted by atomic mass is 16.5. The number of rotatable bonds is 3. The van der Waals surface area contributed by atoms with Gasteiger partial charge < -0.3 is 4.74 Å². The molecule has 2 heterocycles. The van der Waals surface area contributed by atoms with Gasteiger partial charge in [0.15, 0.2) is 5.82 Å². The molecule has 5 heteroatoms. The Balaban J connectivity index is 2.05. The van der Waals surface area contributed by atoms with E-state index < -0.39 is 0 Å². The van der Waals surface area contributed by atoms with Crippen molar-refractivity contribution in [3.05, 3.63) is 60.2 Å². The number of esters is 1. The molecule has 3 rings (SSSR count). The predicted octanol–water partition coefficient (Wildman–Crippen LogP) is 2.62. The molecule has 0 bridgehead atoms. The van der Waals surface area contributed by atoms with Gasteiger partial charge in [0.05, 0.1) is 24.1 Å². The summed E-state index contributed by atoms with van der Waals surface area (Å²) in [7, 11) is 0. The summed E-state index contributed by atoms with van der Waals surface area (Å²) < 4.78 is 5.11. The summed E-state index contributed by atoms with van der Waals surface area (Å²) in [5, 5.41) is 0. The van der Waals surface area contributed by atoms with E-state index in [9.17, 15) is 4.79 Å². The number of hydrogen-bond donors (Lipinski definition) is 0. The smallest absolute Gasteiger partial charge is 0.335 e. The SMILES string of the molecule is CCOC(=O)C1=CN(c2cnccn2)c2ccccc2C1. The van der Waals surface area contributed by atoms with Crippen molar-refractivity contribution in [2.45, 2.75) is 13.3 Å². The van der Waals surface area contributed by atoms with E-state index >= 15 is 0 Å². The highest BCUT2D eigenvalue weighted by molar-refractivity contribution is 5.92. The summed E-state index contributed by atoms with van der Waals surface area (Å²) in [5.74, 6) is 0.382. The molecular formula is C16H15N3O2. The third-order valence-corrected chi connectivity index (χ3v) is 3.25. The number of aromatic nitrogens is 2. The summed E-state index contributed by atoms with van der Waals surface area (Å²) in [6.07, 6.45) is 7.26. The highest BCUT2D eigenvalue weighted by Crippen LogP contribution is 2.33. The Morgan fingerprint density at radius 3 is 2.95 bits per heavy atom. The minimum absolute atomic E-state index is 0.291. The molecule has 0 saturated carbocycles. The van der Waals surface area contributed by atoms with E-state index in [0.717, 1.165) is 11.3 Å². The minimum atomic E-state index is -0.291. The number of benzene rings is 1. The quantitative estimate of drug-likeness (QED) is 0.809. The molecule has 1 aliphatic rings. The van der Waals surface area contributed by atoms with Crippen molar-refractivity contribution < 1.29 is 9.53 Å². The second-order valence-corrected chi connectivity index (χ2v) is 4.61. The Morgan fingerprint density at radius 1 is 1.33 bits per heavy atom. The lowest BCUT2D eigenvalue weighted by molar-refractivity contribution is -0.138. The van der Waals surface area contributed by atoms with E-state index in [-0.39, 0.29) is 5.97 Å². The van der Waals surface area contributed by atoms with E-state index in [1.807, 2.05) is 29.2 Å². The molecule has 0 unspecified atom stereocenters. The third kappa shape index (κ3) is 2.63. The lowest BCUT2D eigenvalue weighted by atomic mass is 9.99. The zero-order valence-electron chi connectivity index (χ0n) is 11.7. The Morgan fingerprint density at radius 2 is 2.19 bits per heavy atom. The average Bonchev–Trinajstić information content (AvgIpc) is 2.55. The average molecular weight is 281 g/mol. The summed E-state index contributed by atoms with van der Waals surface area (Å²) in [6.45, 7) is 2.17. The van der Waals surface area contributed by atoms with Gasteiger partial charge in [-0.2, -0.15) is 0 Å². The van der Waals surface area contributed by atoms with Crippen molar-refractivity contribution in [2.75, 3.05) is 11.5 Å². The van der Waals surface area contributed by atoms with Gasteiger partial charge in [0.25, 0.3) is 0 Å². The van der Waals surface area contributed by atoms with Crippen molar-refractivity contribution in [1.29, 1.82) is 0 Å². The molecule has 0 saturated heterocycles. The van der Waals surface area contributed by atoms with E-state index in [2.05, 4.69) is 9.97 Å². The van der Waals surface area contributed by atoms with Crippen LogP contribution in [0.4, 0.5) is 11.5 Å². The maximum atomic E-state index is 12.0. The monoisotopic (exact) mass is 281 g/mol. The van der Waals surface area contributed by atoms with Crippen LogP contribution >= 0.6 is 0 Å². The molecule has 2 aromatic rings. The molecule has 1 aliphatic heterocycles. The number of hydrogen-bond acceptors (Lipinski definition) is 5. The number of para-hydroxylation sites is 1. The number of carbonyl (C=O) groups excluding carboxylic acids is 1. The zero-order chi connectivity index (χ0) is 14.7. The predicted molar refractivity (Wildman–Crippen MR) is 79.0 cm³/mol. The molecule has 0 aliphatic carbocycles. The maximum Gasteiger partial charge on any atom is 0.335 e. The van der Waals surface area contributed by atoms with Crippen LogP contribution in [0.15, 0.2) is 54.6 Å². The van der Waals surface area contributed by atoms with E-state index in [0.29, 0.717) is 24.4 Å². The first-order valence-electron chi connectivity index (χ1n) is 6.80. The second kappa shape index (κ2) is 5.75. The summed E-state index contributed by atoms with van der Waals surface area (Å²) in [6, 6.07) is 7.93. The van der Waals surface area contributed by atoms with Gasteiger partial charge in [-0.15, -0.1) is 0 Å². The first-order chi connectivity index (χ1) is 10.3. The first-order valence-corrected chi connectivity index (χ1v) is 6.80. The van der Waals surface area contributed by atoms with Gasteiger partial charge in [0, 0.05) is 25.0 Å². The number of fused-ring (bicyclic) bond motifs is 1. The standard InChI is InChI=1S/C16H15N3O2/c1-2-21-16(20)13-9-12-5-3-4-6-14(12)19(11-13)15-10-17-7-8-18-15/h3-8,10-11H,2,9H2,1H3. The molecule has 0 amide bonds. The molecule has 0 atom stereocenters. The Bertz CT molecular complexity index is 683. The van der Waals surface area contributed by atoms with Crippen LogP contribution in [0.2, 0.25) is 0 Å². The molecular weight excluding hydrogens is 266 g/mol. The molecule has 1 aromatic heterocycles. The lowest BCUT2D eigenvalue weighted by Gasteiger charge is -2.27. The van der Waals surface area contributed by atoms with Gasteiger partial charge >= 0.3 is 5.97 Å². The van der Waals surface area contributed by atoms with E-state index in [1.54, 1.807) is 31.7 Å². The normalized spacial score (nSPS) is 13.4. The van der Waals surface area contributed by atoms with Crippen LogP contribution < -0.4 is 4.90 Å². The highest BCUT2D eigenvalue weighted by Gasteiger charge is 2.23. The van der Waals surface area contributed by atoms with Crippen molar-refractivity contribution in [2.24, 2.45) is 0 Å². The van der Waals surface area contributed by atoms with Crippen LogP contribution in [0.5, 0.6) is 0 Å². The van der Waals surface area contributed by atoms with E-state index in [4.69, 9.17) is 4.74 Å². The van der Waals surface area contributed by atoms with Crippen molar-refractivity contribution in [1.82, 2.24) is 9.97 Å². The largest absolute Gasteiger partial charge is 0.463 e. The first kappa shape index (κ1) is 13.3. The molecule has 21 heavy (non-hydrogen) atoms. The van der Waals surface area contributed by atoms with Crippen molar-refractivity contribution in [3.63, 3.8) is 0 Å². The summed E-state index contributed by atoms with van der Waals surface area (Å²) in [4.78, 5) is 22.3. The summed E-state index contributed by atoms with van der Waals surface area (Å²) >= 11 is 0. The van der Waals surface area contributed by atoms with Crippen LogP contribution in [0, 0.1) is 0 Å². The number of carbonyl (C=O) groups is 1. The van der Waals surface area contributed by atoms with Gasteiger partial charge in [-0.3, -0.25) is 9.88 Å². The fourth-order valence-electron chi connectivity index (χ4n) is 2.33. The van der Waals surface area contributed by atoms with Gasteiger partial charge in [-0.05, 0) is 18.6 Å². The summed E-state index contributed by atoms with van der Waals surface area (Å²) in [5.41, 5.74) is 2.68. The Hall–Kier alpha value is -2.69. The van der Waals surface area contributed by atoms with Crippen LogP contribution in [0.3, 0.4) is 0 Å². The van der Waals surface area contributed by atoms with Crippen LogP contribution in [0.25, 0.3) is 0 Å². The zero-order valence-corrected chi connectivity index (χ0v) is 11.7. The van der Waals surface area contributed by atoms with Gasteiger partial charge in [0.1, 0.15) is 0 Å². The Kier molecular flexibility index (Phi) is 3.64. The van der Waals surface area contributed by atoms with Crippen molar-refractivity contribution in [3.8, 4) is 0 Å². The molecule has 0 fully saturated rings. The third-order valence-electron chi connectivity index (χ3n) is 3.25. The van der Waals surface area contributed by atoms with Crippen LogP contribution in [0.1, 0.15) is 12.5 Å². The number of anilines is 2. The van der Waals surface area contributed by atoms with Crippen molar-refractivity contribution >= 4 is 17.5 Å². The minimum Gasteiger partial charge on any atom is -0.463 e. The molecule has 0 spiro atoms. The molecule has 0 N–H and O–H groups in total. The molecule has 5 nitrogen and oxygen atoms in total. The second-order valence-electron chi connectivity index (χ2n) is 4.61. The topological polar surface area (TPSA) is 55.3 Å². The fourth-order valence-corrected chi connectivity index (χ4v) is 2.33. The molecule has 1 aromatic carbocycles.